The summed E-state index contributed by atoms with van der Waals surface area (Å²) in [7, 11) is 0. The fourth-order valence-corrected chi connectivity index (χ4v) is 3.05. The van der Waals surface area contributed by atoms with Gasteiger partial charge < -0.3 is 5.32 Å². The first-order valence-electron chi connectivity index (χ1n) is 7.11. The number of aryl methyl sites for hydroxylation is 3. The number of hydrogen-bond donors (Lipinski definition) is 1. The van der Waals surface area contributed by atoms with E-state index in [2.05, 4.69) is 61.6 Å². The summed E-state index contributed by atoms with van der Waals surface area (Å²) in [6, 6.07) is 16.1. The Morgan fingerprint density at radius 2 is 1.95 bits per heavy atom. The number of rotatable bonds is 3. The van der Waals surface area contributed by atoms with Crippen LogP contribution in [0.3, 0.4) is 0 Å². The lowest BCUT2D eigenvalue weighted by Crippen LogP contribution is -2.19. The molecule has 0 radical (unpaired) electrons. The van der Waals surface area contributed by atoms with Crippen LogP contribution in [-0.4, -0.2) is 0 Å². The van der Waals surface area contributed by atoms with E-state index < -0.39 is 0 Å². The average Bonchev–Trinajstić information content (AvgIpc) is 2.81. The van der Waals surface area contributed by atoms with Crippen LogP contribution in [-0.2, 0) is 13.0 Å². The van der Waals surface area contributed by atoms with Crippen molar-refractivity contribution in [2.75, 3.05) is 0 Å². The summed E-state index contributed by atoms with van der Waals surface area (Å²) in [6.07, 6.45) is 2.44. The van der Waals surface area contributed by atoms with E-state index in [1.807, 2.05) is 0 Å². The van der Waals surface area contributed by atoms with Crippen LogP contribution in [0, 0.1) is 13.8 Å². The summed E-state index contributed by atoms with van der Waals surface area (Å²) < 4.78 is 0. The van der Waals surface area contributed by atoms with Gasteiger partial charge in [-0.2, -0.15) is 0 Å². The molecule has 98 valence electrons. The minimum absolute atomic E-state index is 0.525. The zero-order valence-electron chi connectivity index (χ0n) is 11.7. The molecule has 1 unspecified atom stereocenters. The van der Waals surface area contributed by atoms with Gasteiger partial charge in [0, 0.05) is 12.6 Å². The molecule has 0 aromatic heterocycles. The fraction of sp³-hybridized carbons (Fsp3) is 0.333. The van der Waals surface area contributed by atoms with Gasteiger partial charge in [-0.1, -0.05) is 48.0 Å². The van der Waals surface area contributed by atoms with E-state index in [-0.39, 0.29) is 0 Å². The van der Waals surface area contributed by atoms with Gasteiger partial charge >= 0.3 is 0 Å². The Labute approximate surface area is 115 Å². The molecule has 0 fully saturated rings. The second kappa shape index (κ2) is 5.18. The van der Waals surface area contributed by atoms with Gasteiger partial charge in [0.2, 0.25) is 0 Å². The highest BCUT2D eigenvalue weighted by atomic mass is 14.9. The van der Waals surface area contributed by atoms with Gasteiger partial charge in [-0.05, 0) is 48.9 Å². The predicted molar refractivity (Wildman–Crippen MR) is 80.3 cm³/mol. The molecule has 0 heterocycles. The van der Waals surface area contributed by atoms with E-state index in [1.54, 1.807) is 0 Å². The van der Waals surface area contributed by atoms with Crippen molar-refractivity contribution in [3.8, 4) is 0 Å². The summed E-state index contributed by atoms with van der Waals surface area (Å²) >= 11 is 0. The summed E-state index contributed by atoms with van der Waals surface area (Å²) in [4.78, 5) is 0. The normalized spacial score (nSPS) is 17.5. The number of benzene rings is 2. The quantitative estimate of drug-likeness (QED) is 0.866. The lowest BCUT2D eigenvalue weighted by atomic mass is 10.0. The van der Waals surface area contributed by atoms with Crippen LogP contribution in [0.25, 0.3) is 0 Å². The Kier molecular flexibility index (Phi) is 3.39. The molecule has 0 bridgehead atoms. The maximum absolute atomic E-state index is 3.71. The Hall–Kier alpha value is -1.60. The van der Waals surface area contributed by atoms with Crippen LogP contribution in [0.1, 0.15) is 40.3 Å². The van der Waals surface area contributed by atoms with Gasteiger partial charge in [-0.25, -0.2) is 0 Å². The third kappa shape index (κ3) is 2.57. The Morgan fingerprint density at radius 1 is 1.11 bits per heavy atom. The summed E-state index contributed by atoms with van der Waals surface area (Å²) in [5.74, 6) is 0. The molecule has 1 aliphatic carbocycles. The lowest BCUT2D eigenvalue weighted by Gasteiger charge is -2.15. The second-order valence-corrected chi connectivity index (χ2v) is 5.60. The number of nitrogens with one attached hydrogen (secondary N) is 1. The molecule has 1 aliphatic rings. The number of fused-ring (bicyclic) bond motifs is 1. The van der Waals surface area contributed by atoms with Gasteiger partial charge in [0.25, 0.3) is 0 Å². The van der Waals surface area contributed by atoms with Crippen LogP contribution in [0.15, 0.2) is 42.5 Å². The minimum Gasteiger partial charge on any atom is -0.306 e. The molecule has 0 saturated heterocycles. The zero-order chi connectivity index (χ0) is 13.2. The SMILES string of the molecule is Cc1ccc(CNC2CCc3ccccc32)c(C)c1. The van der Waals surface area contributed by atoms with E-state index in [4.69, 9.17) is 0 Å². The van der Waals surface area contributed by atoms with Crippen molar-refractivity contribution >= 4 is 0 Å². The van der Waals surface area contributed by atoms with E-state index in [9.17, 15) is 0 Å². The second-order valence-electron chi connectivity index (χ2n) is 5.60. The molecule has 0 spiro atoms. The molecular formula is C18H21N. The van der Waals surface area contributed by atoms with E-state index in [0.717, 1.165) is 6.54 Å². The van der Waals surface area contributed by atoms with Crippen molar-refractivity contribution in [3.05, 3.63) is 70.3 Å². The molecule has 0 aliphatic heterocycles. The van der Waals surface area contributed by atoms with Gasteiger partial charge in [-0.3, -0.25) is 0 Å². The molecule has 0 amide bonds. The molecule has 2 aromatic carbocycles. The van der Waals surface area contributed by atoms with Crippen LogP contribution in [0.2, 0.25) is 0 Å². The molecule has 2 aromatic rings. The third-order valence-corrected chi connectivity index (χ3v) is 4.17. The minimum atomic E-state index is 0.525. The fourth-order valence-electron chi connectivity index (χ4n) is 3.05. The van der Waals surface area contributed by atoms with E-state index >= 15 is 0 Å². The largest absolute Gasteiger partial charge is 0.306 e. The monoisotopic (exact) mass is 251 g/mol. The van der Waals surface area contributed by atoms with Gasteiger partial charge in [0.15, 0.2) is 0 Å². The van der Waals surface area contributed by atoms with Crippen molar-refractivity contribution in [2.45, 2.75) is 39.3 Å². The highest BCUT2D eigenvalue weighted by Gasteiger charge is 2.21. The Morgan fingerprint density at radius 3 is 2.79 bits per heavy atom. The van der Waals surface area contributed by atoms with Crippen LogP contribution >= 0.6 is 0 Å². The van der Waals surface area contributed by atoms with Crippen molar-refractivity contribution < 1.29 is 0 Å². The van der Waals surface area contributed by atoms with Crippen LogP contribution in [0.4, 0.5) is 0 Å². The first-order valence-corrected chi connectivity index (χ1v) is 7.11. The molecular weight excluding hydrogens is 230 g/mol. The standard InChI is InChI=1S/C18H21N/c1-13-7-8-16(14(2)11-13)12-19-18-10-9-15-5-3-4-6-17(15)18/h3-8,11,18-19H,9-10,12H2,1-2H3. The molecule has 1 nitrogen and oxygen atoms in total. The van der Waals surface area contributed by atoms with Crippen molar-refractivity contribution in [2.24, 2.45) is 0 Å². The predicted octanol–water partition coefficient (Wildman–Crippen LogP) is 4.08. The maximum atomic E-state index is 3.71. The van der Waals surface area contributed by atoms with Crippen LogP contribution < -0.4 is 5.32 Å². The smallest absolute Gasteiger partial charge is 0.0329 e. The molecule has 19 heavy (non-hydrogen) atoms. The summed E-state index contributed by atoms with van der Waals surface area (Å²) in [6.45, 7) is 5.31. The van der Waals surface area contributed by atoms with Crippen molar-refractivity contribution in [3.63, 3.8) is 0 Å². The molecule has 1 atom stereocenters. The summed E-state index contributed by atoms with van der Waals surface area (Å²) in [5, 5.41) is 3.71. The van der Waals surface area contributed by atoms with Gasteiger partial charge in [0.05, 0.1) is 0 Å². The van der Waals surface area contributed by atoms with E-state index in [1.165, 1.54) is 40.7 Å². The highest BCUT2D eigenvalue weighted by Crippen LogP contribution is 2.31. The van der Waals surface area contributed by atoms with E-state index in [0.29, 0.717) is 6.04 Å². The Bertz CT molecular complexity index is 586. The first kappa shape index (κ1) is 12.4. The number of hydrogen-bond acceptors (Lipinski definition) is 1. The van der Waals surface area contributed by atoms with Gasteiger partial charge in [0.1, 0.15) is 0 Å². The van der Waals surface area contributed by atoms with Gasteiger partial charge in [-0.15, -0.1) is 0 Å². The van der Waals surface area contributed by atoms with Crippen molar-refractivity contribution in [1.82, 2.24) is 5.32 Å². The van der Waals surface area contributed by atoms with Crippen LogP contribution in [0.5, 0.6) is 0 Å². The lowest BCUT2D eigenvalue weighted by molar-refractivity contribution is 0.529. The Balaban J connectivity index is 1.71. The van der Waals surface area contributed by atoms with Crippen molar-refractivity contribution in [1.29, 1.82) is 0 Å². The average molecular weight is 251 g/mol. The summed E-state index contributed by atoms with van der Waals surface area (Å²) in [5.41, 5.74) is 7.15. The molecule has 1 N–H and O–H groups in total. The maximum Gasteiger partial charge on any atom is 0.0329 e. The third-order valence-electron chi connectivity index (χ3n) is 4.17. The zero-order valence-corrected chi connectivity index (χ0v) is 11.7. The highest BCUT2D eigenvalue weighted by molar-refractivity contribution is 5.35. The molecule has 0 saturated carbocycles. The first-order chi connectivity index (χ1) is 9.24. The molecule has 1 heteroatoms. The topological polar surface area (TPSA) is 12.0 Å². The molecule has 3 rings (SSSR count).